The monoisotopic (exact) mass is 390 g/mol. The summed E-state index contributed by atoms with van der Waals surface area (Å²) in [5, 5.41) is 3.49. The summed E-state index contributed by atoms with van der Waals surface area (Å²) in [5.74, 6) is 0.812. The van der Waals surface area contributed by atoms with Gasteiger partial charge in [0, 0.05) is 44.1 Å². The van der Waals surface area contributed by atoms with Gasteiger partial charge >= 0.3 is 0 Å². The van der Waals surface area contributed by atoms with Crippen LogP contribution in [0.3, 0.4) is 0 Å². The van der Waals surface area contributed by atoms with E-state index in [1.165, 1.54) is 0 Å². The maximum absolute atomic E-state index is 13.4. The maximum atomic E-state index is 13.4. The molecule has 29 heavy (non-hydrogen) atoms. The summed E-state index contributed by atoms with van der Waals surface area (Å²) >= 11 is 0. The van der Waals surface area contributed by atoms with E-state index in [0.29, 0.717) is 19.3 Å². The van der Waals surface area contributed by atoms with Crippen molar-refractivity contribution in [3.05, 3.63) is 77.0 Å². The average Bonchev–Trinajstić information content (AvgIpc) is 2.73. The van der Waals surface area contributed by atoms with Crippen LogP contribution in [0.5, 0.6) is 5.75 Å². The molecule has 0 fully saturated rings. The number of hydrogen-bond acceptors (Lipinski definition) is 4. The Morgan fingerprint density at radius 2 is 1.59 bits per heavy atom. The van der Waals surface area contributed by atoms with Gasteiger partial charge in [-0.05, 0) is 35.6 Å². The van der Waals surface area contributed by atoms with Crippen LogP contribution in [0.2, 0.25) is 0 Å². The first-order valence-corrected chi connectivity index (χ1v) is 9.95. The van der Waals surface area contributed by atoms with Gasteiger partial charge in [-0.3, -0.25) is 9.59 Å². The zero-order chi connectivity index (χ0) is 20.5. The summed E-state index contributed by atoms with van der Waals surface area (Å²) in [6.45, 7) is 0. The van der Waals surface area contributed by atoms with E-state index in [9.17, 15) is 9.59 Å². The first kappa shape index (κ1) is 19.4. The fourth-order valence-corrected chi connectivity index (χ4v) is 4.57. The predicted octanol–water partition coefficient (Wildman–Crippen LogP) is 3.89. The summed E-state index contributed by atoms with van der Waals surface area (Å²) in [6.07, 6.45) is 1.46. The lowest BCUT2D eigenvalue weighted by Gasteiger charge is -2.42. The van der Waals surface area contributed by atoms with E-state index in [1.54, 1.807) is 17.1 Å². The minimum Gasteiger partial charge on any atom is -0.497 e. The van der Waals surface area contributed by atoms with Gasteiger partial charge in [0.25, 0.3) is 0 Å². The normalized spacial score (nSPS) is 22.1. The Morgan fingerprint density at radius 3 is 2.21 bits per heavy atom. The SMILES string of the molecule is COc1ccc([C@@H]2CC(=O)N(N(C)C)C3=C2C(=O)C[C@H](c2ccccc2)C3)cc1. The number of allylic oxidation sites excluding steroid dienone is 2. The summed E-state index contributed by atoms with van der Waals surface area (Å²) in [6, 6.07) is 17.8. The minimum absolute atomic E-state index is 0.0241. The van der Waals surface area contributed by atoms with E-state index in [2.05, 4.69) is 12.1 Å². The molecule has 1 amide bonds. The Bertz CT molecular complexity index is 948. The van der Waals surface area contributed by atoms with Crippen LogP contribution in [0.25, 0.3) is 0 Å². The van der Waals surface area contributed by atoms with Crippen molar-refractivity contribution in [2.24, 2.45) is 0 Å². The lowest BCUT2D eigenvalue weighted by Crippen LogP contribution is -2.47. The molecule has 2 aromatic carbocycles. The van der Waals surface area contributed by atoms with E-state index >= 15 is 0 Å². The van der Waals surface area contributed by atoms with Crippen LogP contribution in [-0.2, 0) is 9.59 Å². The molecule has 0 saturated heterocycles. The van der Waals surface area contributed by atoms with Gasteiger partial charge in [0.1, 0.15) is 5.75 Å². The molecule has 4 rings (SSSR count). The third-order valence-electron chi connectivity index (χ3n) is 5.89. The van der Waals surface area contributed by atoms with Gasteiger partial charge in [0.05, 0.1) is 7.11 Å². The van der Waals surface area contributed by atoms with Crippen LogP contribution in [0.1, 0.15) is 42.2 Å². The minimum atomic E-state index is -0.205. The number of nitrogens with zero attached hydrogens (tertiary/aromatic N) is 2. The molecule has 2 atom stereocenters. The smallest absolute Gasteiger partial charge is 0.242 e. The van der Waals surface area contributed by atoms with Gasteiger partial charge in [-0.25, -0.2) is 10.0 Å². The molecule has 0 spiro atoms. The standard InChI is InChI=1S/C24H26N2O3/c1-25(2)26-21-13-18(16-7-5-4-6-8-16)14-22(27)24(21)20(15-23(26)28)17-9-11-19(29-3)12-10-17/h4-12,18,20H,13-15H2,1-3H3/t18-,20+/m1/s1. The largest absolute Gasteiger partial charge is 0.497 e. The molecule has 1 aliphatic carbocycles. The van der Waals surface area contributed by atoms with Crippen LogP contribution in [0.4, 0.5) is 0 Å². The average molecular weight is 390 g/mol. The molecule has 1 aliphatic heterocycles. The zero-order valence-corrected chi connectivity index (χ0v) is 17.1. The number of benzene rings is 2. The Balaban J connectivity index is 1.78. The molecular formula is C24H26N2O3. The summed E-state index contributed by atoms with van der Waals surface area (Å²) < 4.78 is 5.26. The van der Waals surface area contributed by atoms with Crippen molar-refractivity contribution < 1.29 is 14.3 Å². The van der Waals surface area contributed by atoms with E-state index in [1.807, 2.05) is 56.6 Å². The molecule has 5 nitrogen and oxygen atoms in total. The number of hydrazine groups is 1. The van der Waals surface area contributed by atoms with E-state index in [-0.39, 0.29) is 23.5 Å². The topological polar surface area (TPSA) is 49.9 Å². The van der Waals surface area contributed by atoms with Crippen LogP contribution in [-0.4, -0.2) is 42.9 Å². The summed E-state index contributed by atoms with van der Waals surface area (Å²) in [5.41, 5.74) is 3.76. The Hall–Kier alpha value is -2.92. The number of ether oxygens (including phenoxy) is 1. The molecule has 0 N–H and O–H groups in total. The van der Waals surface area contributed by atoms with E-state index in [4.69, 9.17) is 4.74 Å². The number of amides is 1. The second-order valence-electron chi connectivity index (χ2n) is 7.88. The summed E-state index contributed by atoms with van der Waals surface area (Å²) in [7, 11) is 5.34. The highest BCUT2D eigenvalue weighted by molar-refractivity contribution is 6.02. The molecule has 0 bridgehead atoms. The quantitative estimate of drug-likeness (QED) is 0.795. The van der Waals surface area contributed by atoms with Crippen LogP contribution in [0.15, 0.2) is 65.9 Å². The third kappa shape index (κ3) is 3.58. The van der Waals surface area contributed by atoms with E-state index < -0.39 is 0 Å². The molecule has 5 heteroatoms. The highest BCUT2D eigenvalue weighted by Gasteiger charge is 2.42. The van der Waals surface area contributed by atoms with Crippen molar-refractivity contribution in [2.75, 3.05) is 21.2 Å². The first-order valence-electron chi connectivity index (χ1n) is 9.95. The zero-order valence-electron chi connectivity index (χ0n) is 17.1. The van der Waals surface area contributed by atoms with Crippen molar-refractivity contribution in [3.63, 3.8) is 0 Å². The van der Waals surface area contributed by atoms with Gasteiger partial charge in [-0.15, -0.1) is 0 Å². The fourth-order valence-electron chi connectivity index (χ4n) is 4.57. The second-order valence-corrected chi connectivity index (χ2v) is 7.88. The second kappa shape index (κ2) is 7.84. The molecule has 2 aromatic rings. The van der Waals surface area contributed by atoms with E-state index in [0.717, 1.165) is 28.1 Å². The Labute approximate surface area is 171 Å². The Morgan fingerprint density at radius 1 is 0.897 bits per heavy atom. The van der Waals surface area contributed by atoms with Gasteiger partial charge in [0.2, 0.25) is 5.91 Å². The maximum Gasteiger partial charge on any atom is 0.242 e. The van der Waals surface area contributed by atoms with Crippen molar-refractivity contribution in [2.45, 2.75) is 31.1 Å². The van der Waals surface area contributed by atoms with Crippen molar-refractivity contribution in [3.8, 4) is 5.75 Å². The molecule has 0 aromatic heterocycles. The Kier molecular flexibility index (Phi) is 5.24. The van der Waals surface area contributed by atoms with Crippen molar-refractivity contribution in [1.29, 1.82) is 0 Å². The lowest BCUT2D eigenvalue weighted by atomic mass is 9.73. The number of rotatable bonds is 4. The van der Waals surface area contributed by atoms with Crippen molar-refractivity contribution >= 4 is 11.7 Å². The number of ketones is 1. The van der Waals surface area contributed by atoms with Gasteiger partial charge in [0.15, 0.2) is 5.78 Å². The number of carbonyl (C=O) groups is 2. The molecule has 1 heterocycles. The van der Waals surface area contributed by atoms with Crippen LogP contribution < -0.4 is 4.74 Å². The van der Waals surface area contributed by atoms with Crippen LogP contribution >= 0.6 is 0 Å². The summed E-state index contributed by atoms with van der Waals surface area (Å²) in [4.78, 5) is 26.4. The first-order chi connectivity index (χ1) is 14.0. The van der Waals surface area contributed by atoms with Crippen LogP contribution in [0, 0.1) is 0 Å². The number of Topliss-reactive ketones (excluding diaryl/α,β-unsaturated/α-hetero) is 1. The molecule has 0 saturated carbocycles. The van der Waals surface area contributed by atoms with Crippen molar-refractivity contribution in [1.82, 2.24) is 10.0 Å². The van der Waals surface area contributed by atoms with Gasteiger partial charge < -0.3 is 4.74 Å². The third-order valence-corrected chi connectivity index (χ3v) is 5.89. The predicted molar refractivity (Wildman–Crippen MR) is 111 cm³/mol. The lowest BCUT2D eigenvalue weighted by molar-refractivity contribution is -0.143. The van der Waals surface area contributed by atoms with Gasteiger partial charge in [-0.1, -0.05) is 42.5 Å². The highest BCUT2D eigenvalue weighted by atomic mass is 16.5. The molecule has 2 aliphatic rings. The molecule has 150 valence electrons. The molecular weight excluding hydrogens is 364 g/mol. The fraction of sp³-hybridized carbons (Fsp3) is 0.333. The molecule has 0 radical (unpaired) electrons. The molecule has 0 unspecified atom stereocenters. The van der Waals surface area contributed by atoms with Gasteiger partial charge in [-0.2, -0.15) is 0 Å². The number of hydrogen-bond donors (Lipinski definition) is 0. The number of carbonyl (C=O) groups excluding carboxylic acids is 2. The number of methoxy groups -OCH3 is 1. The highest BCUT2D eigenvalue weighted by Crippen LogP contribution is 2.45.